The lowest BCUT2D eigenvalue weighted by atomic mass is 10.3. The first-order chi connectivity index (χ1) is 8.89. The molecule has 0 spiro atoms. The number of nitrogens with zero attached hydrogens (tertiary/aromatic N) is 1. The normalized spacial score (nSPS) is 14.2. The van der Waals surface area contributed by atoms with Crippen molar-refractivity contribution in [1.29, 1.82) is 0 Å². The van der Waals surface area contributed by atoms with Crippen LogP contribution in [0.1, 0.15) is 26.7 Å². The Labute approximate surface area is 116 Å². The summed E-state index contributed by atoms with van der Waals surface area (Å²) in [4.78, 5) is 4.09. The van der Waals surface area contributed by atoms with Gasteiger partial charge in [-0.2, -0.15) is 0 Å². The van der Waals surface area contributed by atoms with Crippen LogP contribution in [0.25, 0.3) is 0 Å². The highest BCUT2D eigenvalue weighted by Crippen LogP contribution is 1.95. The Kier molecular flexibility index (Phi) is 9.59. The molecular formula is C12H27N3O3S. The molecule has 0 aromatic carbocycles. The molecule has 0 amide bonds. The molecule has 0 aliphatic heterocycles. The van der Waals surface area contributed by atoms with Crippen molar-refractivity contribution in [2.75, 3.05) is 38.8 Å². The summed E-state index contributed by atoms with van der Waals surface area (Å²) >= 11 is 0. The lowest BCUT2D eigenvalue weighted by Gasteiger charge is -2.17. The molecule has 19 heavy (non-hydrogen) atoms. The molecule has 0 saturated carbocycles. The third-order valence-corrected chi connectivity index (χ3v) is 3.47. The van der Waals surface area contributed by atoms with Crippen LogP contribution in [0.15, 0.2) is 4.99 Å². The number of hydrogen-bond acceptors (Lipinski definition) is 4. The minimum Gasteiger partial charge on any atom is -0.382 e. The van der Waals surface area contributed by atoms with E-state index in [1.165, 1.54) is 6.26 Å². The molecule has 0 radical (unpaired) electrons. The van der Waals surface area contributed by atoms with Gasteiger partial charge in [0, 0.05) is 39.1 Å². The van der Waals surface area contributed by atoms with Gasteiger partial charge in [-0.1, -0.05) is 0 Å². The summed E-state index contributed by atoms with van der Waals surface area (Å²) in [6, 6.07) is 0.0628. The predicted octanol–water partition coefficient (Wildman–Crippen LogP) is 0.401. The van der Waals surface area contributed by atoms with Crippen molar-refractivity contribution in [1.82, 2.24) is 10.6 Å². The van der Waals surface area contributed by atoms with Crippen molar-refractivity contribution in [2.24, 2.45) is 4.99 Å². The Balaban J connectivity index is 3.86. The lowest BCUT2D eigenvalue weighted by molar-refractivity contribution is 0.145. The maximum Gasteiger partial charge on any atom is 0.191 e. The van der Waals surface area contributed by atoms with Crippen molar-refractivity contribution >= 4 is 15.8 Å². The monoisotopic (exact) mass is 293 g/mol. The smallest absolute Gasteiger partial charge is 0.191 e. The van der Waals surface area contributed by atoms with Crippen LogP contribution in [0, 0.1) is 0 Å². The molecule has 0 saturated heterocycles. The van der Waals surface area contributed by atoms with Gasteiger partial charge in [-0.05, 0) is 26.7 Å². The standard InChI is InChI=1S/C12H27N3O3S/c1-5-18-9-6-8-14-12(13-3)15-11(2)7-10-19(4,16)17/h11H,5-10H2,1-4H3,(H2,13,14,15). The highest BCUT2D eigenvalue weighted by Gasteiger charge is 2.09. The molecule has 0 fully saturated rings. The van der Waals surface area contributed by atoms with E-state index >= 15 is 0 Å². The average molecular weight is 293 g/mol. The highest BCUT2D eigenvalue weighted by molar-refractivity contribution is 7.90. The fourth-order valence-corrected chi connectivity index (χ4v) is 2.20. The summed E-state index contributed by atoms with van der Waals surface area (Å²) in [5.41, 5.74) is 0. The van der Waals surface area contributed by atoms with Gasteiger partial charge in [-0.3, -0.25) is 4.99 Å². The third kappa shape index (κ3) is 12.0. The number of hydrogen-bond donors (Lipinski definition) is 2. The van der Waals surface area contributed by atoms with Gasteiger partial charge < -0.3 is 15.4 Å². The van der Waals surface area contributed by atoms with Crippen LogP contribution in [-0.2, 0) is 14.6 Å². The van der Waals surface area contributed by atoms with Crippen LogP contribution in [0.3, 0.4) is 0 Å². The van der Waals surface area contributed by atoms with Gasteiger partial charge in [0.25, 0.3) is 0 Å². The van der Waals surface area contributed by atoms with E-state index in [1.807, 2.05) is 13.8 Å². The van der Waals surface area contributed by atoms with E-state index in [4.69, 9.17) is 4.74 Å². The Morgan fingerprint density at radius 1 is 1.42 bits per heavy atom. The van der Waals surface area contributed by atoms with E-state index in [2.05, 4.69) is 15.6 Å². The molecule has 0 aromatic heterocycles. The zero-order chi connectivity index (χ0) is 14.7. The van der Waals surface area contributed by atoms with Crippen molar-refractivity contribution < 1.29 is 13.2 Å². The van der Waals surface area contributed by atoms with Gasteiger partial charge >= 0.3 is 0 Å². The summed E-state index contributed by atoms with van der Waals surface area (Å²) < 4.78 is 27.4. The molecule has 2 N–H and O–H groups in total. The van der Waals surface area contributed by atoms with Crippen LogP contribution < -0.4 is 10.6 Å². The highest BCUT2D eigenvalue weighted by atomic mass is 32.2. The summed E-state index contributed by atoms with van der Waals surface area (Å²) in [7, 11) is -1.21. The number of guanidine groups is 1. The van der Waals surface area contributed by atoms with Crippen molar-refractivity contribution in [3.63, 3.8) is 0 Å². The molecule has 0 heterocycles. The first-order valence-electron chi connectivity index (χ1n) is 6.61. The van der Waals surface area contributed by atoms with Crippen molar-refractivity contribution in [3.8, 4) is 0 Å². The van der Waals surface area contributed by atoms with Gasteiger partial charge in [-0.25, -0.2) is 8.42 Å². The molecule has 0 rings (SSSR count). The summed E-state index contributed by atoms with van der Waals surface area (Å²) in [6.07, 6.45) is 2.73. The van der Waals surface area contributed by atoms with Gasteiger partial charge in [0.15, 0.2) is 5.96 Å². The second-order valence-electron chi connectivity index (χ2n) is 4.51. The molecular weight excluding hydrogens is 266 g/mol. The Morgan fingerprint density at radius 2 is 2.11 bits per heavy atom. The minimum absolute atomic E-state index is 0.0628. The Morgan fingerprint density at radius 3 is 2.63 bits per heavy atom. The minimum atomic E-state index is -2.91. The summed E-state index contributed by atoms with van der Waals surface area (Å²) in [5, 5.41) is 6.33. The van der Waals surface area contributed by atoms with Gasteiger partial charge in [0.05, 0.1) is 5.75 Å². The van der Waals surface area contributed by atoms with Crippen LogP contribution in [0.5, 0.6) is 0 Å². The van der Waals surface area contributed by atoms with E-state index in [0.29, 0.717) is 12.4 Å². The molecule has 0 aliphatic carbocycles. The SMILES string of the molecule is CCOCCCNC(=NC)NC(C)CCS(C)(=O)=O. The van der Waals surface area contributed by atoms with Crippen molar-refractivity contribution in [3.05, 3.63) is 0 Å². The van der Waals surface area contributed by atoms with Crippen molar-refractivity contribution in [2.45, 2.75) is 32.7 Å². The second kappa shape index (κ2) is 10.0. The fourth-order valence-electron chi connectivity index (χ4n) is 1.42. The molecule has 6 nitrogen and oxygen atoms in total. The fraction of sp³-hybridized carbons (Fsp3) is 0.917. The van der Waals surface area contributed by atoms with Gasteiger partial charge in [0.1, 0.15) is 9.84 Å². The molecule has 0 aromatic rings. The molecule has 0 aliphatic rings. The molecule has 114 valence electrons. The molecule has 1 unspecified atom stereocenters. The number of aliphatic imine (C=N–C) groups is 1. The van der Waals surface area contributed by atoms with E-state index in [1.54, 1.807) is 7.05 Å². The lowest BCUT2D eigenvalue weighted by Crippen LogP contribution is -2.43. The summed E-state index contributed by atoms with van der Waals surface area (Å²) in [5.74, 6) is 0.875. The first kappa shape index (κ1) is 18.2. The molecule has 1 atom stereocenters. The number of nitrogens with one attached hydrogen (secondary N) is 2. The summed E-state index contributed by atoms with van der Waals surface area (Å²) in [6.45, 7) is 6.15. The Hall–Kier alpha value is -0.820. The number of rotatable bonds is 9. The largest absolute Gasteiger partial charge is 0.382 e. The topological polar surface area (TPSA) is 79.8 Å². The number of ether oxygens (including phenoxy) is 1. The molecule has 0 bridgehead atoms. The van der Waals surface area contributed by atoms with E-state index in [9.17, 15) is 8.42 Å². The van der Waals surface area contributed by atoms with E-state index in [0.717, 1.165) is 26.2 Å². The second-order valence-corrected chi connectivity index (χ2v) is 6.77. The van der Waals surface area contributed by atoms with Crippen LogP contribution in [0.4, 0.5) is 0 Å². The first-order valence-corrected chi connectivity index (χ1v) is 8.67. The van der Waals surface area contributed by atoms with E-state index in [-0.39, 0.29) is 11.8 Å². The van der Waals surface area contributed by atoms with Crippen LogP contribution >= 0.6 is 0 Å². The zero-order valence-electron chi connectivity index (χ0n) is 12.4. The number of sulfone groups is 1. The van der Waals surface area contributed by atoms with E-state index < -0.39 is 9.84 Å². The third-order valence-electron chi connectivity index (χ3n) is 2.49. The molecule has 7 heteroatoms. The predicted molar refractivity (Wildman–Crippen MR) is 79.4 cm³/mol. The zero-order valence-corrected chi connectivity index (χ0v) is 13.2. The van der Waals surface area contributed by atoms with Crippen LogP contribution in [-0.4, -0.2) is 59.2 Å². The maximum absolute atomic E-state index is 11.1. The maximum atomic E-state index is 11.1. The average Bonchev–Trinajstić information content (AvgIpc) is 2.34. The van der Waals surface area contributed by atoms with Crippen LogP contribution in [0.2, 0.25) is 0 Å². The Bertz CT molecular complexity index is 355. The van der Waals surface area contributed by atoms with Gasteiger partial charge in [-0.15, -0.1) is 0 Å². The van der Waals surface area contributed by atoms with Gasteiger partial charge in [0.2, 0.25) is 0 Å². The quantitative estimate of drug-likeness (QED) is 0.365.